The number of alkyl halides is 1. The zero-order valence-corrected chi connectivity index (χ0v) is 21.0. The monoisotopic (exact) mass is 484 g/mol. The first kappa shape index (κ1) is 26.4. The molecule has 1 fully saturated rings. The fourth-order valence-electron chi connectivity index (χ4n) is 4.62. The maximum Gasteiger partial charge on any atom is 0.147 e. The summed E-state index contributed by atoms with van der Waals surface area (Å²) >= 11 is 0. The standard InChI is InChI=1S/C28H34F2N2O3/c1-8-20-10-9-11-23(30)27(20)28(5,6)26-15-24(31-35-26)17(2)12-22(33)13-18(3)34-19(4)25-14-21(29)16-32(25)7/h8-13,15,19,21,25,33H,1,3,14,16H2,2,4-7H3/b17-12+,22-13+/t19-,21-,25-/m0/s1. The molecule has 188 valence electrons. The Bertz CT molecular complexity index is 1150. The van der Waals surface area contributed by atoms with E-state index in [0.717, 1.165) is 0 Å². The van der Waals surface area contributed by atoms with Gasteiger partial charge in [-0.15, -0.1) is 0 Å². The summed E-state index contributed by atoms with van der Waals surface area (Å²) in [5, 5.41) is 14.5. The van der Waals surface area contributed by atoms with Gasteiger partial charge in [0.2, 0.25) is 0 Å². The molecule has 0 bridgehead atoms. The topological polar surface area (TPSA) is 58.7 Å². The molecule has 1 N–H and O–H groups in total. The van der Waals surface area contributed by atoms with Crippen LogP contribution < -0.4 is 0 Å². The van der Waals surface area contributed by atoms with Crippen molar-refractivity contribution in [2.75, 3.05) is 13.6 Å². The van der Waals surface area contributed by atoms with Crippen molar-refractivity contribution in [3.63, 3.8) is 0 Å². The van der Waals surface area contributed by atoms with Gasteiger partial charge in [-0.25, -0.2) is 8.78 Å². The minimum atomic E-state index is -0.863. The van der Waals surface area contributed by atoms with Crippen LogP contribution in [0.1, 0.15) is 56.7 Å². The first-order valence-corrected chi connectivity index (χ1v) is 11.6. The smallest absolute Gasteiger partial charge is 0.147 e. The Morgan fingerprint density at radius 2 is 2.09 bits per heavy atom. The van der Waals surface area contributed by atoms with E-state index < -0.39 is 11.6 Å². The predicted molar refractivity (Wildman–Crippen MR) is 135 cm³/mol. The Kier molecular flexibility index (Phi) is 8.00. The number of halogens is 2. The molecule has 1 aromatic carbocycles. The van der Waals surface area contributed by atoms with E-state index in [1.165, 1.54) is 18.2 Å². The van der Waals surface area contributed by atoms with Crippen LogP contribution in [-0.4, -0.2) is 47.1 Å². The SMILES string of the molecule is C=Cc1cccc(F)c1C(C)(C)c1cc(/C(C)=C/C(O)=C\C(=C)O[C@@H](C)[C@@H]2C[C@H](F)CN2C)no1. The Balaban J connectivity index is 1.74. The molecule has 0 unspecified atom stereocenters. The number of likely N-dealkylation sites (tertiary alicyclic amines) is 1. The summed E-state index contributed by atoms with van der Waals surface area (Å²) < 4.78 is 39.7. The molecule has 5 nitrogen and oxygen atoms in total. The summed E-state index contributed by atoms with van der Waals surface area (Å²) in [5.41, 5.74) is 1.49. The van der Waals surface area contributed by atoms with Gasteiger partial charge in [-0.2, -0.15) is 0 Å². The Labute approximate surface area is 206 Å². The summed E-state index contributed by atoms with van der Waals surface area (Å²) in [4.78, 5) is 1.93. The molecule has 0 saturated carbocycles. The van der Waals surface area contributed by atoms with Gasteiger partial charge in [-0.3, -0.25) is 4.90 Å². The molecular weight excluding hydrogens is 450 g/mol. The number of benzene rings is 1. The van der Waals surface area contributed by atoms with Gasteiger partial charge in [-0.1, -0.05) is 36.5 Å². The lowest BCUT2D eigenvalue weighted by Gasteiger charge is -2.26. The molecule has 35 heavy (non-hydrogen) atoms. The number of hydrogen-bond acceptors (Lipinski definition) is 5. The Morgan fingerprint density at radius 1 is 1.37 bits per heavy atom. The van der Waals surface area contributed by atoms with Gasteiger partial charge in [-0.05, 0) is 64.4 Å². The zero-order chi connectivity index (χ0) is 25.9. The van der Waals surface area contributed by atoms with Crippen LogP contribution >= 0.6 is 0 Å². The van der Waals surface area contributed by atoms with Gasteiger partial charge in [0.1, 0.15) is 41.1 Å². The Hall–Kier alpha value is -3.19. The lowest BCUT2D eigenvalue weighted by atomic mass is 9.79. The van der Waals surface area contributed by atoms with Crippen molar-refractivity contribution in [1.82, 2.24) is 10.1 Å². The van der Waals surface area contributed by atoms with Crippen molar-refractivity contribution < 1.29 is 23.1 Å². The summed E-state index contributed by atoms with van der Waals surface area (Å²) in [6.45, 7) is 15.4. The number of aromatic nitrogens is 1. The van der Waals surface area contributed by atoms with E-state index >= 15 is 0 Å². The fraction of sp³-hybridized carbons (Fsp3) is 0.393. The molecule has 0 amide bonds. The summed E-state index contributed by atoms with van der Waals surface area (Å²) in [6, 6.07) is 6.53. The quantitative estimate of drug-likeness (QED) is 0.321. The third kappa shape index (κ3) is 5.90. The number of rotatable bonds is 9. The second kappa shape index (κ2) is 10.6. The average molecular weight is 485 g/mol. The van der Waals surface area contributed by atoms with E-state index in [-0.39, 0.29) is 29.5 Å². The van der Waals surface area contributed by atoms with Crippen LogP contribution in [0.25, 0.3) is 11.6 Å². The van der Waals surface area contributed by atoms with E-state index in [9.17, 15) is 13.9 Å². The van der Waals surface area contributed by atoms with Crippen LogP contribution in [0.5, 0.6) is 0 Å². The largest absolute Gasteiger partial charge is 0.508 e. The molecule has 0 radical (unpaired) electrons. The van der Waals surface area contributed by atoms with Crippen molar-refractivity contribution in [3.05, 3.63) is 89.5 Å². The normalized spacial score (nSPS) is 20.7. The summed E-state index contributed by atoms with van der Waals surface area (Å²) in [6.07, 6.45) is 3.81. The van der Waals surface area contributed by atoms with Crippen LogP contribution in [0.3, 0.4) is 0 Å². The van der Waals surface area contributed by atoms with E-state index in [4.69, 9.17) is 9.26 Å². The van der Waals surface area contributed by atoms with Crippen LogP contribution in [0, 0.1) is 5.82 Å². The van der Waals surface area contributed by atoms with E-state index in [0.29, 0.717) is 41.1 Å². The van der Waals surface area contributed by atoms with Crippen molar-refractivity contribution >= 4 is 11.6 Å². The highest BCUT2D eigenvalue weighted by atomic mass is 19.1. The number of likely N-dealkylation sites (N-methyl/N-ethyl adjacent to an activating group) is 1. The lowest BCUT2D eigenvalue weighted by molar-refractivity contribution is 0.0694. The van der Waals surface area contributed by atoms with Crippen LogP contribution in [0.15, 0.2) is 65.6 Å². The average Bonchev–Trinajstić information content (AvgIpc) is 3.40. The second-order valence-electron chi connectivity index (χ2n) is 9.64. The van der Waals surface area contributed by atoms with Crippen molar-refractivity contribution in [3.8, 4) is 0 Å². The molecule has 2 heterocycles. The van der Waals surface area contributed by atoms with E-state index in [1.807, 2.05) is 32.7 Å². The third-order valence-electron chi connectivity index (χ3n) is 6.52. The molecule has 1 aliphatic rings. The molecule has 3 rings (SSSR count). The molecule has 2 aromatic rings. The van der Waals surface area contributed by atoms with Crippen molar-refractivity contribution in [2.24, 2.45) is 0 Å². The highest BCUT2D eigenvalue weighted by molar-refractivity contribution is 5.64. The minimum absolute atomic E-state index is 0.0532. The molecule has 7 heteroatoms. The number of aliphatic hydroxyl groups is 1. The maximum atomic E-state index is 14.7. The minimum Gasteiger partial charge on any atom is -0.508 e. The van der Waals surface area contributed by atoms with E-state index in [2.05, 4.69) is 18.3 Å². The maximum absolute atomic E-state index is 14.7. The summed E-state index contributed by atoms with van der Waals surface area (Å²) in [7, 11) is 1.87. The highest BCUT2D eigenvalue weighted by Gasteiger charge is 2.34. The highest BCUT2D eigenvalue weighted by Crippen LogP contribution is 2.37. The number of allylic oxidation sites excluding steroid dienone is 3. The lowest BCUT2D eigenvalue weighted by Crippen LogP contribution is -2.35. The van der Waals surface area contributed by atoms with Gasteiger partial charge in [0.05, 0.1) is 5.41 Å². The second-order valence-corrected chi connectivity index (χ2v) is 9.64. The molecule has 0 spiro atoms. The number of ether oxygens (including phenoxy) is 1. The van der Waals surface area contributed by atoms with Crippen LogP contribution in [-0.2, 0) is 10.2 Å². The van der Waals surface area contributed by atoms with Gasteiger partial charge in [0.25, 0.3) is 0 Å². The molecule has 1 aliphatic heterocycles. The molecular formula is C28H34F2N2O3. The van der Waals surface area contributed by atoms with Crippen LogP contribution in [0.4, 0.5) is 8.78 Å². The van der Waals surface area contributed by atoms with Crippen molar-refractivity contribution in [2.45, 2.75) is 57.8 Å². The Morgan fingerprint density at radius 3 is 2.71 bits per heavy atom. The molecule has 0 aliphatic carbocycles. The van der Waals surface area contributed by atoms with Crippen LogP contribution in [0.2, 0.25) is 0 Å². The number of aliphatic hydroxyl groups excluding tert-OH is 1. The first-order valence-electron chi connectivity index (χ1n) is 11.6. The van der Waals surface area contributed by atoms with Gasteiger partial charge < -0.3 is 14.4 Å². The zero-order valence-electron chi connectivity index (χ0n) is 21.0. The van der Waals surface area contributed by atoms with Crippen molar-refractivity contribution in [1.29, 1.82) is 0 Å². The first-order chi connectivity index (χ1) is 16.4. The van der Waals surface area contributed by atoms with Gasteiger partial charge in [0, 0.05) is 30.3 Å². The molecule has 3 atom stereocenters. The van der Waals surface area contributed by atoms with Gasteiger partial charge in [0.15, 0.2) is 0 Å². The van der Waals surface area contributed by atoms with E-state index in [1.54, 1.807) is 31.2 Å². The molecule has 1 saturated heterocycles. The number of hydrogen-bond donors (Lipinski definition) is 1. The number of nitrogens with zero attached hydrogens (tertiary/aromatic N) is 2. The predicted octanol–water partition coefficient (Wildman–Crippen LogP) is 6.59. The third-order valence-corrected chi connectivity index (χ3v) is 6.52. The summed E-state index contributed by atoms with van der Waals surface area (Å²) in [5.74, 6) is 0.324. The molecule has 1 aromatic heterocycles. The fourth-order valence-corrected chi connectivity index (χ4v) is 4.62. The van der Waals surface area contributed by atoms with Gasteiger partial charge >= 0.3 is 0 Å².